The third kappa shape index (κ3) is 7.12. The van der Waals surface area contributed by atoms with Crippen molar-refractivity contribution in [3.05, 3.63) is 53.4 Å². The molecule has 1 saturated heterocycles. The van der Waals surface area contributed by atoms with E-state index in [1.807, 2.05) is 43.3 Å². The summed E-state index contributed by atoms with van der Waals surface area (Å²) in [5, 5.41) is 17.7. The highest BCUT2D eigenvalue weighted by atomic mass is 16.5. The highest BCUT2D eigenvalue weighted by molar-refractivity contribution is 5.80. The lowest BCUT2D eigenvalue weighted by atomic mass is 10.2. The van der Waals surface area contributed by atoms with Crippen molar-refractivity contribution in [3.8, 4) is 0 Å². The van der Waals surface area contributed by atoms with Crippen molar-refractivity contribution >= 4 is 5.96 Å². The molecule has 1 aliphatic heterocycles. The quantitative estimate of drug-likeness (QED) is 0.476. The van der Waals surface area contributed by atoms with Crippen LogP contribution in [0.1, 0.15) is 23.9 Å². The first-order valence-corrected chi connectivity index (χ1v) is 10.6. The molecular formula is C22H33N5O3. The summed E-state index contributed by atoms with van der Waals surface area (Å²) in [5.74, 6) is 1.69. The summed E-state index contributed by atoms with van der Waals surface area (Å²) in [6.45, 7) is 10.2. The van der Waals surface area contributed by atoms with Gasteiger partial charge in [0, 0.05) is 45.3 Å². The van der Waals surface area contributed by atoms with Gasteiger partial charge in [-0.05, 0) is 19.4 Å². The van der Waals surface area contributed by atoms with Crippen LogP contribution in [-0.2, 0) is 17.9 Å². The molecular weight excluding hydrogens is 382 g/mol. The summed E-state index contributed by atoms with van der Waals surface area (Å²) >= 11 is 0. The first-order chi connectivity index (χ1) is 14.6. The van der Waals surface area contributed by atoms with Crippen molar-refractivity contribution in [1.29, 1.82) is 0 Å². The van der Waals surface area contributed by atoms with Gasteiger partial charge in [-0.1, -0.05) is 35.5 Å². The molecule has 1 aliphatic rings. The Bertz CT molecular complexity index is 772. The van der Waals surface area contributed by atoms with Crippen LogP contribution in [0.2, 0.25) is 0 Å². The van der Waals surface area contributed by atoms with Gasteiger partial charge in [-0.3, -0.25) is 9.89 Å². The monoisotopic (exact) mass is 415 g/mol. The molecule has 164 valence electrons. The molecule has 0 radical (unpaired) electrons. The summed E-state index contributed by atoms with van der Waals surface area (Å²) in [6.07, 6.45) is -0.626. The fraction of sp³-hybridized carbons (Fsp3) is 0.545. The zero-order valence-corrected chi connectivity index (χ0v) is 18.0. The maximum atomic E-state index is 10.2. The number of nitrogens with zero attached hydrogens (tertiary/aromatic N) is 4. The Hall–Kier alpha value is -2.42. The fourth-order valence-electron chi connectivity index (χ4n) is 3.40. The van der Waals surface area contributed by atoms with Gasteiger partial charge >= 0.3 is 0 Å². The first-order valence-electron chi connectivity index (χ1n) is 10.6. The lowest BCUT2D eigenvalue weighted by molar-refractivity contribution is 0.0329. The molecule has 1 aromatic carbocycles. The van der Waals surface area contributed by atoms with Gasteiger partial charge < -0.3 is 24.6 Å². The summed E-state index contributed by atoms with van der Waals surface area (Å²) in [6, 6.07) is 11.9. The molecule has 2 heterocycles. The molecule has 0 amide bonds. The molecule has 1 atom stereocenters. The van der Waals surface area contributed by atoms with E-state index in [1.165, 1.54) is 0 Å². The van der Waals surface area contributed by atoms with E-state index in [1.54, 1.807) is 0 Å². The predicted octanol–water partition coefficient (Wildman–Crippen LogP) is 1.64. The number of guanidine groups is 1. The van der Waals surface area contributed by atoms with Crippen molar-refractivity contribution < 1.29 is 14.4 Å². The van der Waals surface area contributed by atoms with E-state index in [-0.39, 0.29) is 6.61 Å². The minimum atomic E-state index is -0.626. The molecule has 3 rings (SSSR count). The van der Waals surface area contributed by atoms with Crippen molar-refractivity contribution in [2.45, 2.75) is 33.1 Å². The maximum Gasteiger partial charge on any atom is 0.194 e. The SMILES string of the molecule is CCNC(=NCC(O)COCc1ccccc1)N1CCN(Cc2cc(C)on2)CC1. The molecule has 8 nitrogen and oxygen atoms in total. The normalized spacial score (nSPS) is 16.6. The minimum absolute atomic E-state index is 0.267. The Morgan fingerprint density at radius 1 is 1.27 bits per heavy atom. The lowest BCUT2D eigenvalue weighted by Crippen LogP contribution is -2.52. The molecule has 30 heavy (non-hydrogen) atoms. The fourth-order valence-corrected chi connectivity index (χ4v) is 3.40. The van der Waals surface area contributed by atoms with Crippen molar-refractivity contribution in [2.24, 2.45) is 4.99 Å². The molecule has 1 fully saturated rings. The number of nitrogens with one attached hydrogen (secondary N) is 1. The number of aliphatic hydroxyl groups is 1. The number of benzene rings is 1. The average Bonchev–Trinajstić information content (AvgIpc) is 3.17. The summed E-state index contributed by atoms with van der Waals surface area (Å²) in [7, 11) is 0. The molecule has 0 saturated carbocycles. The van der Waals surface area contributed by atoms with Crippen molar-refractivity contribution in [3.63, 3.8) is 0 Å². The lowest BCUT2D eigenvalue weighted by Gasteiger charge is -2.36. The van der Waals surface area contributed by atoms with E-state index < -0.39 is 6.10 Å². The molecule has 1 aromatic heterocycles. The number of rotatable bonds is 9. The number of ether oxygens (including phenoxy) is 1. The van der Waals surface area contributed by atoms with Crippen molar-refractivity contribution in [2.75, 3.05) is 45.9 Å². The number of aliphatic imine (C=N–C) groups is 1. The van der Waals surface area contributed by atoms with E-state index in [9.17, 15) is 5.11 Å². The highest BCUT2D eigenvalue weighted by Crippen LogP contribution is 2.09. The Morgan fingerprint density at radius 2 is 2.03 bits per heavy atom. The van der Waals surface area contributed by atoms with E-state index >= 15 is 0 Å². The zero-order chi connectivity index (χ0) is 21.2. The zero-order valence-electron chi connectivity index (χ0n) is 18.0. The number of aromatic nitrogens is 1. The van der Waals surface area contributed by atoms with Crippen LogP contribution in [0.25, 0.3) is 0 Å². The number of aryl methyl sites for hydroxylation is 1. The van der Waals surface area contributed by atoms with Gasteiger partial charge in [0.25, 0.3) is 0 Å². The third-order valence-electron chi connectivity index (χ3n) is 4.94. The molecule has 8 heteroatoms. The second-order valence-corrected chi connectivity index (χ2v) is 7.54. The van der Waals surface area contributed by atoms with Crippen LogP contribution in [-0.4, -0.2) is 78.0 Å². The van der Waals surface area contributed by atoms with Gasteiger partial charge in [-0.15, -0.1) is 0 Å². The van der Waals surface area contributed by atoms with Gasteiger partial charge in [0.05, 0.1) is 31.6 Å². The largest absolute Gasteiger partial charge is 0.389 e. The number of hydrogen-bond acceptors (Lipinski definition) is 6. The Kier molecular flexibility index (Phi) is 8.67. The Labute approximate surface area is 178 Å². The number of aliphatic hydroxyl groups excluding tert-OH is 1. The van der Waals surface area contributed by atoms with Crippen LogP contribution < -0.4 is 5.32 Å². The predicted molar refractivity (Wildman–Crippen MR) is 116 cm³/mol. The van der Waals surface area contributed by atoms with Crippen molar-refractivity contribution in [1.82, 2.24) is 20.3 Å². The first kappa shape index (κ1) is 22.3. The van der Waals surface area contributed by atoms with Gasteiger partial charge in [-0.2, -0.15) is 0 Å². The second kappa shape index (κ2) is 11.7. The molecule has 0 spiro atoms. The Morgan fingerprint density at radius 3 is 2.70 bits per heavy atom. The third-order valence-corrected chi connectivity index (χ3v) is 4.94. The van der Waals surface area contributed by atoms with Gasteiger partial charge in [0.1, 0.15) is 5.76 Å². The van der Waals surface area contributed by atoms with Crippen LogP contribution in [0.4, 0.5) is 0 Å². The summed E-state index contributed by atoms with van der Waals surface area (Å²) in [4.78, 5) is 9.24. The van der Waals surface area contributed by atoms with E-state index in [4.69, 9.17) is 9.26 Å². The average molecular weight is 416 g/mol. The molecule has 1 unspecified atom stereocenters. The minimum Gasteiger partial charge on any atom is -0.389 e. The van der Waals surface area contributed by atoms with Crippen LogP contribution >= 0.6 is 0 Å². The maximum absolute atomic E-state index is 10.2. The van der Waals surface area contributed by atoms with Crippen LogP contribution in [0.3, 0.4) is 0 Å². The van der Waals surface area contributed by atoms with Crippen LogP contribution in [0.15, 0.2) is 45.9 Å². The van der Waals surface area contributed by atoms with Crippen LogP contribution in [0.5, 0.6) is 0 Å². The standard InChI is InChI=1S/C22H33N5O3/c1-3-23-22(24-14-21(28)17-29-16-19-7-5-4-6-8-19)27-11-9-26(10-12-27)15-20-13-18(2)30-25-20/h4-8,13,21,28H,3,9-12,14-17H2,1-2H3,(H,23,24). The molecule has 0 bridgehead atoms. The molecule has 2 N–H and O–H groups in total. The number of hydrogen-bond donors (Lipinski definition) is 2. The van der Waals surface area contributed by atoms with Gasteiger partial charge in [0.2, 0.25) is 0 Å². The molecule has 2 aromatic rings. The van der Waals surface area contributed by atoms with E-state index in [2.05, 4.69) is 32.2 Å². The number of piperazine rings is 1. The highest BCUT2D eigenvalue weighted by Gasteiger charge is 2.20. The van der Waals surface area contributed by atoms with Gasteiger partial charge in [0.15, 0.2) is 5.96 Å². The topological polar surface area (TPSA) is 86.4 Å². The van der Waals surface area contributed by atoms with Crippen LogP contribution in [0, 0.1) is 6.92 Å². The van der Waals surface area contributed by atoms with E-state index in [0.717, 1.165) is 62.2 Å². The van der Waals surface area contributed by atoms with Gasteiger partial charge in [-0.25, -0.2) is 0 Å². The summed E-state index contributed by atoms with van der Waals surface area (Å²) in [5.41, 5.74) is 2.07. The smallest absolute Gasteiger partial charge is 0.194 e. The second-order valence-electron chi connectivity index (χ2n) is 7.54. The Balaban J connectivity index is 1.42. The molecule has 0 aliphatic carbocycles. The summed E-state index contributed by atoms with van der Waals surface area (Å²) < 4.78 is 10.8. The van der Waals surface area contributed by atoms with E-state index in [0.29, 0.717) is 13.2 Å².